The Kier molecular flexibility index (Phi) is 5.47. The van der Waals surface area contributed by atoms with E-state index < -0.39 is 4.92 Å². The predicted molar refractivity (Wildman–Crippen MR) is 101 cm³/mol. The van der Waals surface area contributed by atoms with Gasteiger partial charge in [0.05, 0.1) is 4.92 Å². The molecule has 0 fully saturated rings. The second-order valence-corrected chi connectivity index (χ2v) is 5.82. The van der Waals surface area contributed by atoms with Crippen molar-refractivity contribution in [3.8, 4) is 11.1 Å². The highest BCUT2D eigenvalue weighted by Crippen LogP contribution is 2.33. The first-order valence-electron chi connectivity index (χ1n) is 7.20. The maximum Gasteiger partial charge on any atom is 0.270 e. The molecule has 0 saturated heterocycles. The van der Waals surface area contributed by atoms with Crippen molar-refractivity contribution in [2.75, 3.05) is 0 Å². The van der Waals surface area contributed by atoms with Crippen LogP contribution in [0.5, 0.6) is 0 Å². The minimum absolute atomic E-state index is 0. The Morgan fingerprint density at radius 3 is 2.56 bits per heavy atom. The lowest BCUT2D eigenvalue weighted by atomic mass is 9.96. The highest BCUT2D eigenvalue weighted by atomic mass is 35.5. The van der Waals surface area contributed by atoms with E-state index >= 15 is 0 Å². The molecule has 0 aliphatic rings. The van der Waals surface area contributed by atoms with E-state index in [1.165, 1.54) is 16.7 Å². The summed E-state index contributed by atoms with van der Waals surface area (Å²) in [7, 11) is 1.64. The standard InChI is InChI=1S/C17H14ClN3O3.ClH/c1-20-15(9-19)16(10-3-2-4-12(7-10)21(23)24)14-8-11(18)5-6-13(14)17(20)22;/h2-8H,9,19H2,1H3;1H. The SMILES string of the molecule is Cl.Cn1c(CN)c(-c2cccc([N+](=O)[O-])c2)c2cc(Cl)ccc2c1=O. The molecule has 130 valence electrons. The van der Waals surface area contributed by atoms with Gasteiger partial charge in [-0.15, -0.1) is 12.4 Å². The third kappa shape index (κ3) is 3.24. The molecule has 0 amide bonds. The van der Waals surface area contributed by atoms with Crippen LogP contribution in [0.1, 0.15) is 5.69 Å². The Balaban J connectivity index is 0.00000225. The van der Waals surface area contributed by atoms with E-state index in [0.29, 0.717) is 32.6 Å². The van der Waals surface area contributed by atoms with Crippen molar-refractivity contribution in [3.63, 3.8) is 0 Å². The third-order valence-corrected chi connectivity index (χ3v) is 4.25. The summed E-state index contributed by atoms with van der Waals surface area (Å²) >= 11 is 6.10. The van der Waals surface area contributed by atoms with Gasteiger partial charge in [0.25, 0.3) is 11.2 Å². The van der Waals surface area contributed by atoms with E-state index in [4.69, 9.17) is 17.3 Å². The largest absolute Gasteiger partial charge is 0.325 e. The summed E-state index contributed by atoms with van der Waals surface area (Å²) in [5.74, 6) is 0. The lowest BCUT2D eigenvalue weighted by molar-refractivity contribution is -0.384. The average molecular weight is 380 g/mol. The van der Waals surface area contributed by atoms with Gasteiger partial charge < -0.3 is 10.3 Å². The zero-order valence-electron chi connectivity index (χ0n) is 13.2. The number of aromatic nitrogens is 1. The molecule has 8 heteroatoms. The van der Waals surface area contributed by atoms with Gasteiger partial charge >= 0.3 is 0 Å². The molecule has 2 aromatic carbocycles. The Bertz CT molecular complexity index is 1030. The number of nitro benzene ring substituents is 1. The summed E-state index contributed by atoms with van der Waals surface area (Å²) in [6.45, 7) is 0.117. The van der Waals surface area contributed by atoms with Crippen molar-refractivity contribution in [1.29, 1.82) is 0 Å². The summed E-state index contributed by atoms with van der Waals surface area (Å²) in [5, 5.41) is 12.7. The lowest BCUT2D eigenvalue weighted by Gasteiger charge is -2.16. The predicted octanol–water partition coefficient (Wildman–Crippen LogP) is 3.65. The number of pyridine rings is 1. The second kappa shape index (κ2) is 7.23. The fraction of sp³-hybridized carbons (Fsp3) is 0.118. The van der Waals surface area contributed by atoms with E-state index in [0.717, 1.165) is 0 Å². The fourth-order valence-corrected chi connectivity index (χ4v) is 3.04. The molecule has 25 heavy (non-hydrogen) atoms. The summed E-state index contributed by atoms with van der Waals surface area (Å²) in [6.07, 6.45) is 0. The van der Waals surface area contributed by atoms with Crippen LogP contribution in [0.3, 0.4) is 0 Å². The van der Waals surface area contributed by atoms with Crippen molar-refractivity contribution >= 4 is 40.5 Å². The molecule has 3 aromatic rings. The Morgan fingerprint density at radius 1 is 1.20 bits per heavy atom. The van der Waals surface area contributed by atoms with Crippen molar-refractivity contribution in [2.45, 2.75) is 6.54 Å². The quantitative estimate of drug-likeness (QED) is 0.555. The molecule has 0 spiro atoms. The van der Waals surface area contributed by atoms with Crippen molar-refractivity contribution in [1.82, 2.24) is 4.57 Å². The summed E-state index contributed by atoms with van der Waals surface area (Å²) in [5.41, 5.74) is 7.54. The van der Waals surface area contributed by atoms with Crippen LogP contribution in [0.25, 0.3) is 21.9 Å². The first-order chi connectivity index (χ1) is 11.4. The highest BCUT2D eigenvalue weighted by molar-refractivity contribution is 6.31. The van der Waals surface area contributed by atoms with E-state index in [-0.39, 0.29) is 30.2 Å². The van der Waals surface area contributed by atoms with Crippen LogP contribution >= 0.6 is 24.0 Å². The number of fused-ring (bicyclic) bond motifs is 1. The van der Waals surface area contributed by atoms with Crippen LogP contribution in [0.2, 0.25) is 5.02 Å². The molecular formula is C17H15Cl2N3O3. The topological polar surface area (TPSA) is 91.2 Å². The molecule has 3 rings (SSSR count). The molecular weight excluding hydrogens is 365 g/mol. The zero-order chi connectivity index (χ0) is 17.4. The molecule has 0 unspecified atom stereocenters. The molecule has 0 aliphatic carbocycles. The van der Waals surface area contributed by atoms with Crippen LogP contribution in [0, 0.1) is 10.1 Å². The Labute approximate surface area is 154 Å². The molecule has 0 atom stereocenters. The molecule has 0 bridgehead atoms. The number of nitro groups is 1. The molecule has 6 nitrogen and oxygen atoms in total. The molecule has 0 aliphatic heterocycles. The van der Waals surface area contributed by atoms with Crippen molar-refractivity contribution in [2.24, 2.45) is 12.8 Å². The van der Waals surface area contributed by atoms with Gasteiger partial charge in [-0.2, -0.15) is 0 Å². The minimum Gasteiger partial charge on any atom is -0.325 e. The number of hydrogen-bond donors (Lipinski definition) is 1. The Hall–Kier alpha value is -2.41. The van der Waals surface area contributed by atoms with Crippen LogP contribution in [-0.4, -0.2) is 9.49 Å². The number of nitrogens with zero attached hydrogens (tertiary/aromatic N) is 2. The smallest absolute Gasteiger partial charge is 0.270 e. The van der Waals surface area contributed by atoms with E-state index in [1.807, 2.05) is 0 Å². The summed E-state index contributed by atoms with van der Waals surface area (Å²) < 4.78 is 1.48. The van der Waals surface area contributed by atoms with Gasteiger partial charge in [-0.25, -0.2) is 0 Å². The average Bonchev–Trinajstić information content (AvgIpc) is 2.57. The van der Waals surface area contributed by atoms with Gasteiger partial charge in [0.15, 0.2) is 0 Å². The first-order valence-corrected chi connectivity index (χ1v) is 7.58. The number of nitrogens with two attached hydrogens (primary N) is 1. The minimum atomic E-state index is -0.456. The van der Waals surface area contributed by atoms with Crippen LogP contribution in [0.15, 0.2) is 47.3 Å². The number of non-ortho nitro benzene ring substituents is 1. The molecule has 1 heterocycles. The maximum atomic E-state index is 12.5. The molecule has 0 saturated carbocycles. The van der Waals surface area contributed by atoms with E-state index in [2.05, 4.69) is 0 Å². The molecule has 0 radical (unpaired) electrons. The molecule has 1 aromatic heterocycles. The third-order valence-electron chi connectivity index (χ3n) is 4.02. The lowest BCUT2D eigenvalue weighted by Crippen LogP contribution is -2.23. The van der Waals surface area contributed by atoms with Crippen LogP contribution in [0.4, 0.5) is 5.69 Å². The van der Waals surface area contributed by atoms with Crippen LogP contribution < -0.4 is 11.3 Å². The van der Waals surface area contributed by atoms with Crippen LogP contribution in [-0.2, 0) is 13.6 Å². The van der Waals surface area contributed by atoms with Gasteiger partial charge in [0.2, 0.25) is 0 Å². The Morgan fingerprint density at radius 2 is 1.92 bits per heavy atom. The van der Waals surface area contributed by atoms with Gasteiger partial charge in [-0.05, 0) is 29.1 Å². The number of hydrogen-bond acceptors (Lipinski definition) is 4. The van der Waals surface area contributed by atoms with E-state index in [1.54, 1.807) is 37.4 Å². The van der Waals surface area contributed by atoms with Gasteiger partial charge in [0, 0.05) is 47.4 Å². The number of rotatable bonds is 3. The summed E-state index contributed by atoms with van der Waals surface area (Å²) in [6, 6.07) is 11.2. The summed E-state index contributed by atoms with van der Waals surface area (Å²) in [4.78, 5) is 23.2. The van der Waals surface area contributed by atoms with Crippen molar-refractivity contribution in [3.05, 3.63) is 73.6 Å². The normalized spacial score (nSPS) is 10.5. The monoisotopic (exact) mass is 379 g/mol. The van der Waals surface area contributed by atoms with Gasteiger partial charge in [-0.3, -0.25) is 14.9 Å². The maximum absolute atomic E-state index is 12.5. The first kappa shape index (κ1) is 18.9. The number of halogens is 2. The van der Waals surface area contributed by atoms with E-state index in [9.17, 15) is 14.9 Å². The zero-order valence-corrected chi connectivity index (χ0v) is 14.8. The second-order valence-electron chi connectivity index (χ2n) is 5.39. The fourth-order valence-electron chi connectivity index (χ4n) is 2.87. The highest BCUT2D eigenvalue weighted by Gasteiger charge is 2.17. The van der Waals surface area contributed by atoms with Gasteiger partial charge in [-0.1, -0.05) is 23.7 Å². The molecule has 2 N–H and O–H groups in total. The van der Waals surface area contributed by atoms with Gasteiger partial charge in [0.1, 0.15) is 0 Å². The van der Waals surface area contributed by atoms with Crippen molar-refractivity contribution < 1.29 is 4.92 Å². The number of benzene rings is 2.